The van der Waals surface area contributed by atoms with E-state index in [1.807, 2.05) is 26.0 Å². The number of halogens is 5. The number of aryl methyl sites for hydroxylation is 2. The molecule has 0 unspecified atom stereocenters. The molecule has 0 saturated heterocycles. The van der Waals surface area contributed by atoms with Gasteiger partial charge in [0, 0.05) is 35.7 Å². The molecule has 0 N–H and O–H groups in total. The second kappa shape index (κ2) is 12.5. The van der Waals surface area contributed by atoms with Gasteiger partial charge in [-0.2, -0.15) is 0 Å². The number of pyridine rings is 2. The van der Waals surface area contributed by atoms with E-state index in [0.29, 0.717) is 22.5 Å². The molecule has 2 nitrogen and oxygen atoms in total. The van der Waals surface area contributed by atoms with E-state index in [0.717, 1.165) is 23.3 Å². The molecule has 169 valence electrons. The molecule has 4 rings (SSSR count). The van der Waals surface area contributed by atoms with Gasteiger partial charge in [0.25, 0.3) is 0 Å². The van der Waals surface area contributed by atoms with Crippen LogP contribution in [0.1, 0.15) is 11.1 Å². The zero-order valence-electron chi connectivity index (χ0n) is 17.0. The van der Waals surface area contributed by atoms with E-state index in [1.165, 1.54) is 24.3 Å². The molecular formula is C24H18ClF4N2Pt. The number of rotatable bonds is 2. The van der Waals surface area contributed by atoms with Crippen LogP contribution in [0.5, 0.6) is 0 Å². The van der Waals surface area contributed by atoms with Crippen LogP contribution in [-0.2, 0) is 18.8 Å². The summed E-state index contributed by atoms with van der Waals surface area (Å²) in [4.78, 5) is 8.08. The fourth-order valence-electron chi connectivity index (χ4n) is 2.76. The zero-order chi connectivity index (χ0) is 23.7. The molecule has 0 aliphatic rings. The van der Waals surface area contributed by atoms with Crippen molar-refractivity contribution in [3.05, 3.63) is 107 Å². The first-order chi connectivity index (χ1) is 15.3. The molecule has 0 bridgehead atoms. The molecule has 8 heteroatoms. The van der Waals surface area contributed by atoms with Crippen molar-refractivity contribution in [3.63, 3.8) is 0 Å². The summed E-state index contributed by atoms with van der Waals surface area (Å²) in [6.45, 7) is 3.79. The van der Waals surface area contributed by atoms with Crippen molar-refractivity contribution in [2.24, 2.45) is 0 Å². The van der Waals surface area contributed by atoms with Gasteiger partial charge in [-0.25, -0.2) is 17.6 Å². The molecule has 0 aliphatic carbocycles. The molecule has 0 radical (unpaired) electrons. The topological polar surface area (TPSA) is 25.8 Å². The molecule has 0 aliphatic heterocycles. The van der Waals surface area contributed by atoms with Crippen LogP contribution in [0.25, 0.3) is 22.5 Å². The third kappa shape index (κ3) is 7.25. The van der Waals surface area contributed by atoms with Crippen LogP contribution in [0.15, 0.2) is 73.1 Å². The third-order valence-electron chi connectivity index (χ3n) is 4.25. The molecule has 2 aromatic heterocycles. The summed E-state index contributed by atoms with van der Waals surface area (Å²) < 4.78 is 52.1. The summed E-state index contributed by atoms with van der Waals surface area (Å²) >= 11 is 1.61. The molecule has 2 aromatic carbocycles. The van der Waals surface area contributed by atoms with Gasteiger partial charge in [0.2, 0.25) is 0 Å². The van der Waals surface area contributed by atoms with Gasteiger partial charge in [0.1, 0.15) is 23.3 Å². The monoisotopic (exact) mass is 640 g/mol. The molecule has 0 amide bonds. The van der Waals surface area contributed by atoms with Crippen LogP contribution in [0, 0.1) is 37.1 Å². The molecule has 0 atom stereocenters. The minimum atomic E-state index is -0.590. The Morgan fingerprint density at radius 3 is 1.28 bits per heavy atom. The van der Waals surface area contributed by atoms with Crippen molar-refractivity contribution < 1.29 is 36.3 Å². The van der Waals surface area contributed by atoms with Crippen LogP contribution in [0.3, 0.4) is 0 Å². The van der Waals surface area contributed by atoms with Gasteiger partial charge in [-0.15, -0.1) is 0 Å². The van der Waals surface area contributed by atoms with E-state index < -0.39 is 23.3 Å². The first-order valence-corrected chi connectivity index (χ1v) is 12.0. The van der Waals surface area contributed by atoms with Crippen molar-refractivity contribution >= 4 is 9.42 Å². The Kier molecular flexibility index (Phi) is 10.0. The van der Waals surface area contributed by atoms with Gasteiger partial charge in [-0.05, 0) is 73.5 Å². The van der Waals surface area contributed by atoms with E-state index in [-0.39, 0.29) is 0 Å². The maximum absolute atomic E-state index is 13.4. The van der Waals surface area contributed by atoms with Crippen LogP contribution in [0.4, 0.5) is 17.6 Å². The second-order valence-electron chi connectivity index (χ2n) is 6.69. The summed E-state index contributed by atoms with van der Waals surface area (Å²) in [7, 11) is 4.61. The van der Waals surface area contributed by atoms with Crippen LogP contribution < -0.4 is 0 Å². The van der Waals surface area contributed by atoms with Crippen molar-refractivity contribution in [2.75, 3.05) is 0 Å². The van der Waals surface area contributed by atoms with E-state index in [9.17, 15) is 17.6 Å². The van der Waals surface area contributed by atoms with E-state index >= 15 is 0 Å². The maximum atomic E-state index is 13.4. The summed E-state index contributed by atoms with van der Waals surface area (Å²) in [5.74, 6) is -2.34. The molecule has 0 saturated carbocycles. The normalized spacial score (nSPS) is 9.91. The molecule has 32 heavy (non-hydrogen) atoms. The van der Waals surface area contributed by atoms with Crippen molar-refractivity contribution in [1.29, 1.82) is 0 Å². The average Bonchev–Trinajstić information content (AvgIpc) is 2.75. The van der Waals surface area contributed by atoms with E-state index in [4.69, 9.17) is 0 Å². The summed E-state index contributed by atoms with van der Waals surface area (Å²) in [5.41, 5.74) is 3.66. The fourth-order valence-corrected chi connectivity index (χ4v) is 2.76. The van der Waals surface area contributed by atoms with Gasteiger partial charge in [-0.3, -0.25) is 9.97 Å². The van der Waals surface area contributed by atoms with Crippen molar-refractivity contribution in [2.45, 2.75) is 13.8 Å². The SMILES string of the molecule is Cc1ccnc(-c2ccc(F)cc2F)c1.Cc1ccnc(-c2ccc(F)cc2F)c1.[Cl][Pt]. The average molecular weight is 641 g/mol. The molecular weight excluding hydrogens is 623 g/mol. The Labute approximate surface area is 199 Å². The molecule has 0 spiro atoms. The van der Waals surface area contributed by atoms with Crippen molar-refractivity contribution in [1.82, 2.24) is 9.97 Å². The summed E-state index contributed by atoms with van der Waals surface area (Å²) in [6.07, 6.45) is 3.21. The Morgan fingerprint density at radius 2 is 0.969 bits per heavy atom. The quantitative estimate of drug-likeness (QED) is 0.214. The van der Waals surface area contributed by atoms with Crippen LogP contribution in [0.2, 0.25) is 0 Å². The first kappa shape index (κ1) is 25.7. The summed E-state index contributed by atoms with van der Waals surface area (Å²) in [6, 6.07) is 14.1. The van der Waals surface area contributed by atoms with Gasteiger partial charge in [-0.1, -0.05) is 0 Å². The van der Waals surface area contributed by atoms with Crippen LogP contribution >= 0.6 is 9.42 Å². The molecule has 2 heterocycles. The predicted molar refractivity (Wildman–Crippen MR) is 115 cm³/mol. The summed E-state index contributed by atoms with van der Waals surface area (Å²) in [5, 5.41) is 0. The second-order valence-corrected chi connectivity index (χ2v) is 6.69. The Morgan fingerprint density at radius 1 is 0.594 bits per heavy atom. The Balaban J connectivity index is 0.000000211. The Bertz CT molecular complexity index is 1100. The van der Waals surface area contributed by atoms with Gasteiger partial charge in [0.05, 0.1) is 11.4 Å². The van der Waals surface area contributed by atoms with Crippen LogP contribution in [-0.4, -0.2) is 9.97 Å². The fraction of sp³-hybridized carbons (Fsp3) is 0.0833. The molecule has 4 aromatic rings. The number of nitrogens with zero attached hydrogens (tertiary/aromatic N) is 2. The number of benzene rings is 2. The van der Waals surface area contributed by atoms with Gasteiger partial charge >= 0.3 is 28.2 Å². The van der Waals surface area contributed by atoms with Gasteiger partial charge < -0.3 is 0 Å². The zero-order valence-corrected chi connectivity index (χ0v) is 20.1. The predicted octanol–water partition coefficient (Wildman–Crippen LogP) is 7.36. The standard InChI is InChI=1S/2C12H9F2N.ClH.Pt/c2*1-8-4-5-15-12(6-8)10-3-2-9(13)7-11(10)14;;/h2*2-7H,1H3;1H;/q;;;+1/p-1. The number of hydrogen-bond acceptors (Lipinski definition) is 2. The van der Waals surface area contributed by atoms with Gasteiger partial charge in [0.15, 0.2) is 0 Å². The van der Waals surface area contributed by atoms with E-state index in [1.54, 1.807) is 43.3 Å². The first-order valence-electron chi connectivity index (χ1n) is 9.21. The molecule has 0 fully saturated rings. The Hall–Kier alpha value is -2.56. The number of aromatic nitrogens is 2. The van der Waals surface area contributed by atoms with E-state index in [2.05, 4.69) is 19.4 Å². The van der Waals surface area contributed by atoms with Crippen molar-refractivity contribution in [3.8, 4) is 22.5 Å². The third-order valence-corrected chi connectivity index (χ3v) is 4.25. The number of hydrogen-bond donors (Lipinski definition) is 0. The minimum absolute atomic E-state index is 0.320.